The number of unbranched alkanes of at least 4 members (excludes halogenated alkanes) is 1. The van der Waals surface area contributed by atoms with Crippen molar-refractivity contribution < 1.29 is 13.9 Å². The molecule has 1 atom stereocenters. The highest BCUT2D eigenvalue weighted by atomic mass is 19.3. The SMILES string of the molecule is CNC(C)(CO)CCCCN(C)CC(F)F. The third-order valence-electron chi connectivity index (χ3n) is 2.92. The van der Waals surface area contributed by atoms with E-state index in [-0.39, 0.29) is 18.7 Å². The number of likely N-dealkylation sites (N-methyl/N-ethyl adjacent to an activating group) is 1. The fourth-order valence-corrected chi connectivity index (χ4v) is 1.51. The van der Waals surface area contributed by atoms with E-state index in [9.17, 15) is 8.78 Å². The van der Waals surface area contributed by atoms with Gasteiger partial charge in [0.15, 0.2) is 0 Å². The molecule has 0 bridgehead atoms. The van der Waals surface area contributed by atoms with Crippen LogP contribution in [0.15, 0.2) is 0 Å². The summed E-state index contributed by atoms with van der Waals surface area (Å²) in [6.45, 7) is 2.56. The third kappa shape index (κ3) is 7.09. The summed E-state index contributed by atoms with van der Waals surface area (Å²) in [6.07, 6.45) is 0.388. The van der Waals surface area contributed by atoms with Crippen molar-refractivity contribution in [2.45, 2.75) is 38.2 Å². The van der Waals surface area contributed by atoms with E-state index in [0.29, 0.717) is 6.54 Å². The van der Waals surface area contributed by atoms with E-state index >= 15 is 0 Å². The van der Waals surface area contributed by atoms with Crippen LogP contribution >= 0.6 is 0 Å². The highest BCUT2D eigenvalue weighted by Crippen LogP contribution is 2.12. The van der Waals surface area contributed by atoms with Gasteiger partial charge in [0, 0.05) is 5.54 Å². The Kier molecular flexibility index (Phi) is 7.80. The van der Waals surface area contributed by atoms with Crippen molar-refractivity contribution in [3.8, 4) is 0 Å². The molecule has 0 aromatic rings. The van der Waals surface area contributed by atoms with Gasteiger partial charge in [0.25, 0.3) is 6.43 Å². The molecule has 0 aliphatic carbocycles. The van der Waals surface area contributed by atoms with Crippen molar-refractivity contribution in [2.75, 3.05) is 33.8 Å². The quantitative estimate of drug-likeness (QED) is 0.595. The Morgan fingerprint density at radius 2 is 2.00 bits per heavy atom. The van der Waals surface area contributed by atoms with Crippen LogP contribution in [0.1, 0.15) is 26.2 Å². The van der Waals surface area contributed by atoms with Crippen LogP contribution in [0.25, 0.3) is 0 Å². The van der Waals surface area contributed by atoms with E-state index in [0.717, 1.165) is 19.3 Å². The molecule has 98 valence electrons. The second-order valence-corrected chi connectivity index (χ2v) is 4.58. The zero-order valence-corrected chi connectivity index (χ0v) is 10.5. The smallest absolute Gasteiger partial charge is 0.251 e. The van der Waals surface area contributed by atoms with Crippen LogP contribution < -0.4 is 5.32 Å². The lowest BCUT2D eigenvalue weighted by Crippen LogP contribution is -2.43. The van der Waals surface area contributed by atoms with E-state index < -0.39 is 6.43 Å². The molecule has 0 fully saturated rings. The molecule has 0 rings (SSSR count). The van der Waals surface area contributed by atoms with E-state index in [1.807, 2.05) is 14.0 Å². The van der Waals surface area contributed by atoms with Gasteiger partial charge >= 0.3 is 0 Å². The zero-order valence-electron chi connectivity index (χ0n) is 10.5. The lowest BCUT2D eigenvalue weighted by Gasteiger charge is -2.27. The Hall–Kier alpha value is -0.260. The van der Waals surface area contributed by atoms with Gasteiger partial charge in [-0.1, -0.05) is 6.42 Å². The first-order valence-corrected chi connectivity index (χ1v) is 5.70. The number of hydrogen-bond acceptors (Lipinski definition) is 3. The van der Waals surface area contributed by atoms with Gasteiger partial charge in [-0.05, 0) is 40.4 Å². The average Bonchev–Trinajstić information content (AvgIpc) is 2.23. The van der Waals surface area contributed by atoms with Crippen LogP contribution in [0, 0.1) is 0 Å². The number of hydrogen-bond donors (Lipinski definition) is 2. The van der Waals surface area contributed by atoms with Gasteiger partial charge in [-0.3, -0.25) is 0 Å². The summed E-state index contributed by atoms with van der Waals surface area (Å²) in [5.41, 5.74) is -0.249. The van der Waals surface area contributed by atoms with E-state index in [2.05, 4.69) is 5.32 Å². The summed E-state index contributed by atoms with van der Waals surface area (Å²) in [4.78, 5) is 1.64. The summed E-state index contributed by atoms with van der Waals surface area (Å²) < 4.78 is 24.0. The molecule has 0 spiro atoms. The van der Waals surface area contributed by atoms with Crippen molar-refractivity contribution in [1.29, 1.82) is 0 Å². The summed E-state index contributed by atoms with van der Waals surface area (Å²) in [5, 5.41) is 12.2. The molecule has 0 aliphatic rings. The van der Waals surface area contributed by atoms with Crippen LogP contribution in [0.5, 0.6) is 0 Å². The van der Waals surface area contributed by atoms with Crippen LogP contribution in [-0.2, 0) is 0 Å². The first-order valence-electron chi connectivity index (χ1n) is 5.70. The molecule has 0 amide bonds. The predicted molar refractivity (Wildman–Crippen MR) is 61.9 cm³/mol. The molecule has 0 aromatic carbocycles. The minimum absolute atomic E-state index is 0.0936. The van der Waals surface area contributed by atoms with Crippen LogP contribution in [0.2, 0.25) is 0 Å². The second kappa shape index (κ2) is 7.92. The first kappa shape index (κ1) is 15.7. The van der Waals surface area contributed by atoms with Gasteiger partial charge in [0.05, 0.1) is 13.2 Å². The lowest BCUT2D eigenvalue weighted by molar-refractivity contribution is 0.0987. The Morgan fingerprint density at radius 3 is 2.44 bits per heavy atom. The highest BCUT2D eigenvalue weighted by Gasteiger charge is 2.19. The molecule has 3 nitrogen and oxygen atoms in total. The number of alkyl halides is 2. The summed E-state index contributed by atoms with van der Waals surface area (Å²) in [5.74, 6) is 0. The highest BCUT2D eigenvalue weighted by molar-refractivity contribution is 4.80. The maximum Gasteiger partial charge on any atom is 0.251 e. The van der Waals surface area contributed by atoms with Gasteiger partial charge in [-0.25, -0.2) is 8.78 Å². The van der Waals surface area contributed by atoms with Crippen molar-refractivity contribution in [3.63, 3.8) is 0 Å². The fraction of sp³-hybridized carbons (Fsp3) is 1.00. The summed E-state index contributed by atoms with van der Waals surface area (Å²) in [7, 11) is 3.52. The first-order chi connectivity index (χ1) is 7.43. The van der Waals surface area contributed by atoms with Crippen molar-refractivity contribution in [1.82, 2.24) is 10.2 Å². The van der Waals surface area contributed by atoms with Crippen molar-refractivity contribution in [2.24, 2.45) is 0 Å². The molecule has 5 heteroatoms. The van der Waals surface area contributed by atoms with E-state index in [1.165, 1.54) is 0 Å². The number of aliphatic hydroxyl groups excluding tert-OH is 1. The largest absolute Gasteiger partial charge is 0.394 e. The fourth-order valence-electron chi connectivity index (χ4n) is 1.51. The van der Waals surface area contributed by atoms with Gasteiger partial charge in [-0.15, -0.1) is 0 Å². The van der Waals surface area contributed by atoms with Gasteiger partial charge < -0.3 is 15.3 Å². The number of nitrogens with one attached hydrogen (secondary N) is 1. The van der Waals surface area contributed by atoms with Crippen LogP contribution in [-0.4, -0.2) is 55.8 Å². The molecule has 0 saturated heterocycles. The molecular formula is C11H24F2N2O. The van der Waals surface area contributed by atoms with Gasteiger partial charge in [-0.2, -0.15) is 0 Å². The summed E-state index contributed by atoms with van der Waals surface area (Å²) >= 11 is 0. The molecule has 0 saturated carbocycles. The van der Waals surface area contributed by atoms with E-state index in [1.54, 1.807) is 11.9 Å². The Labute approximate surface area is 96.8 Å². The minimum atomic E-state index is -2.26. The molecule has 0 radical (unpaired) electrons. The molecule has 2 N–H and O–H groups in total. The lowest BCUT2D eigenvalue weighted by atomic mass is 9.96. The van der Waals surface area contributed by atoms with Crippen molar-refractivity contribution in [3.05, 3.63) is 0 Å². The zero-order chi connectivity index (χ0) is 12.6. The van der Waals surface area contributed by atoms with Gasteiger partial charge in [0.2, 0.25) is 0 Å². The predicted octanol–water partition coefficient (Wildman–Crippen LogP) is 1.32. The molecule has 0 aliphatic heterocycles. The van der Waals surface area contributed by atoms with Crippen LogP contribution in [0.4, 0.5) is 8.78 Å². The molecule has 16 heavy (non-hydrogen) atoms. The number of halogens is 2. The topological polar surface area (TPSA) is 35.5 Å². The average molecular weight is 238 g/mol. The Bertz CT molecular complexity index is 175. The maximum atomic E-state index is 12.0. The normalized spacial score (nSPS) is 15.8. The molecule has 1 unspecified atom stereocenters. The number of aliphatic hydroxyl groups is 1. The molecule has 0 aromatic heterocycles. The number of nitrogens with zero attached hydrogens (tertiary/aromatic N) is 1. The monoisotopic (exact) mass is 238 g/mol. The third-order valence-corrected chi connectivity index (χ3v) is 2.92. The Morgan fingerprint density at radius 1 is 1.38 bits per heavy atom. The minimum Gasteiger partial charge on any atom is -0.394 e. The number of rotatable bonds is 9. The van der Waals surface area contributed by atoms with Gasteiger partial charge in [0.1, 0.15) is 0 Å². The second-order valence-electron chi connectivity index (χ2n) is 4.58. The maximum absolute atomic E-state index is 12.0. The van der Waals surface area contributed by atoms with E-state index in [4.69, 9.17) is 5.11 Å². The summed E-state index contributed by atoms with van der Waals surface area (Å²) in [6, 6.07) is 0. The Balaban J connectivity index is 3.59. The van der Waals surface area contributed by atoms with Crippen molar-refractivity contribution >= 4 is 0 Å². The molecular weight excluding hydrogens is 214 g/mol. The molecule has 0 heterocycles. The van der Waals surface area contributed by atoms with Crippen LogP contribution in [0.3, 0.4) is 0 Å². The standard InChI is InChI=1S/C11H24F2N2O/c1-11(9-16,14-2)6-4-5-7-15(3)8-10(12)13/h10,14,16H,4-9H2,1-3H3.